The van der Waals surface area contributed by atoms with E-state index in [1.807, 2.05) is 18.2 Å². The molecule has 0 saturated carbocycles. The van der Waals surface area contributed by atoms with Crippen LogP contribution in [0.25, 0.3) is 10.8 Å². The van der Waals surface area contributed by atoms with Gasteiger partial charge >= 0.3 is 0 Å². The summed E-state index contributed by atoms with van der Waals surface area (Å²) in [5.41, 5.74) is 0.979. The first-order valence-corrected chi connectivity index (χ1v) is 10.5. The summed E-state index contributed by atoms with van der Waals surface area (Å²) in [7, 11) is -4.20. The molecule has 24 heavy (non-hydrogen) atoms. The van der Waals surface area contributed by atoms with Crippen molar-refractivity contribution in [1.82, 2.24) is 0 Å². The number of benzene rings is 2. The van der Waals surface area contributed by atoms with Crippen LogP contribution in [0.4, 0.5) is 0 Å². The molecule has 0 aliphatic heterocycles. The van der Waals surface area contributed by atoms with Crippen molar-refractivity contribution in [2.24, 2.45) is 0 Å². The van der Waals surface area contributed by atoms with Crippen LogP contribution in [-0.4, -0.2) is 13.0 Å². The second-order valence-electron chi connectivity index (χ2n) is 6.52. The molecule has 2 aromatic carbocycles. The van der Waals surface area contributed by atoms with Gasteiger partial charge in [0, 0.05) is 5.39 Å². The largest absolute Gasteiger partial charge is 0.295 e. The quantitative estimate of drug-likeness (QED) is 0.438. The highest BCUT2D eigenvalue weighted by Crippen LogP contribution is 2.26. The fourth-order valence-corrected chi connectivity index (χ4v) is 3.92. The maximum absolute atomic E-state index is 11.7. The summed E-state index contributed by atoms with van der Waals surface area (Å²) < 4.78 is 32.8. The Kier molecular flexibility index (Phi) is 7.25. The van der Waals surface area contributed by atoms with Gasteiger partial charge in [0.25, 0.3) is 10.1 Å². The summed E-state index contributed by atoms with van der Waals surface area (Å²) in [6, 6.07) is 11.0. The second-order valence-corrected chi connectivity index (χ2v) is 7.90. The van der Waals surface area contributed by atoms with Crippen LogP contribution in [0.3, 0.4) is 0 Å². The Balaban J connectivity index is 1.95. The van der Waals surface area contributed by atoms with E-state index in [2.05, 4.69) is 6.92 Å². The van der Waals surface area contributed by atoms with Crippen molar-refractivity contribution >= 4 is 20.9 Å². The summed E-state index contributed by atoms with van der Waals surface area (Å²) >= 11 is 0. The van der Waals surface area contributed by atoms with Crippen molar-refractivity contribution in [1.29, 1.82) is 0 Å². The minimum atomic E-state index is -4.20. The predicted octanol–water partition coefficient (Wildman–Crippen LogP) is 5.77. The van der Waals surface area contributed by atoms with Gasteiger partial charge in [-0.2, -0.15) is 8.42 Å². The molecule has 0 amide bonds. The van der Waals surface area contributed by atoms with Crippen LogP contribution in [0.1, 0.15) is 63.9 Å². The van der Waals surface area contributed by atoms with Crippen molar-refractivity contribution in [3.63, 3.8) is 0 Å². The number of aryl methyl sites for hydroxylation is 1. The number of hydrogen-bond acceptors (Lipinski definition) is 2. The minimum absolute atomic E-state index is 0.0233. The molecular weight excluding hydrogens is 320 g/mol. The van der Waals surface area contributed by atoms with E-state index in [1.54, 1.807) is 18.2 Å². The van der Waals surface area contributed by atoms with Gasteiger partial charge in [0.15, 0.2) is 0 Å². The van der Waals surface area contributed by atoms with Gasteiger partial charge in [0.1, 0.15) is 4.90 Å². The van der Waals surface area contributed by atoms with E-state index in [0.29, 0.717) is 5.39 Å². The molecular formula is C20H28O3S. The first kappa shape index (κ1) is 18.9. The smallest absolute Gasteiger partial charge is 0.282 e. The van der Waals surface area contributed by atoms with Gasteiger partial charge in [0.2, 0.25) is 0 Å². The van der Waals surface area contributed by atoms with Gasteiger partial charge in [-0.25, -0.2) is 0 Å². The number of unbranched alkanes of at least 4 members (excludes halogenated alkanes) is 7. The Bertz CT molecular complexity index is 751. The van der Waals surface area contributed by atoms with Gasteiger partial charge in [-0.05, 0) is 29.9 Å². The normalized spacial score (nSPS) is 11.9. The zero-order valence-corrected chi connectivity index (χ0v) is 15.3. The Hall–Kier alpha value is -1.39. The molecule has 0 saturated heterocycles. The fourth-order valence-electron chi connectivity index (χ4n) is 3.16. The lowest BCUT2D eigenvalue weighted by molar-refractivity contribution is 0.484. The molecule has 0 aliphatic rings. The van der Waals surface area contributed by atoms with Crippen LogP contribution >= 0.6 is 0 Å². The molecule has 0 atom stereocenters. The first-order valence-electron chi connectivity index (χ1n) is 9.01. The van der Waals surface area contributed by atoms with Gasteiger partial charge in [0.05, 0.1) is 0 Å². The Morgan fingerprint density at radius 1 is 0.875 bits per heavy atom. The molecule has 2 rings (SSSR count). The number of fused-ring (bicyclic) bond motifs is 1. The van der Waals surface area contributed by atoms with Crippen molar-refractivity contribution in [2.45, 2.75) is 69.6 Å². The van der Waals surface area contributed by atoms with E-state index in [0.717, 1.165) is 23.8 Å². The molecule has 0 aliphatic carbocycles. The average molecular weight is 349 g/mol. The summed E-state index contributed by atoms with van der Waals surface area (Å²) in [5, 5.41) is 1.45. The van der Waals surface area contributed by atoms with Crippen LogP contribution in [0.15, 0.2) is 41.3 Å². The molecule has 0 heterocycles. The van der Waals surface area contributed by atoms with E-state index in [4.69, 9.17) is 0 Å². The third-order valence-electron chi connectivity index (χ3n) is 4.48. The van der Waals surface area contributed by atoms with Crippen LogP contribution in [0.5, 0.6) is 0 Å². The molecule has 0 spiro atoms. The molecule has 132 valence electrons. The molecule has 4 heteroatoms. The van der Waals surface area contributed by atoms with E-state index in [9.17, 15) is 13.0 Å². The summed E-state index contributed by atoms with van der Waals surface area (Å²) in [6.45, 7) is 2.23. The van der Waals surface area contributed by atoms with Crippen LogP contribution < -0.4 is 0 Å². The third-order valence-corrected chi connectivity index (χ3v) is 5.37. The van der Waals surface area contributed by atoms with Gasteiger partial charge in [-0.3, -0.25) is 4.55 Å². The Morgan fingerprint density at radius 2 is 1.50 bits per heavy atom. The van der Waals surface area contributed by atoms with Crippen LogP contribution in [-0.2, 0) is 16.5 Å². The van der Waals surface area contributed by atoms with E-state index in [1.165, 1.54) is 44.9 Å². The fraction of sp³-hybridized carbons (Fsp3) is 0.500. The topological polar surface area (TPSA) is 54.4 Å². The molecule has 0 radical (unpaired) electrons. The van der Waals surface area contributed by atoms with Crippen LogP contribution in [0, 0.1) is 0 Å². The van der Waals surface area contributed by atoms with E-state index < -0.39 is 10.1 Å². The summed E-state index contributed by atoms with van der Waals surface area (Å²) in [6.07, 6.45) is 10.8. The molecule has 0 unspecified atom stereocenters. The lowest BCUT2D eigenvalue weighted by Crippen LogP contribution is -2.01. The van der Waals surface area contributed by atoms with Gasteiger partial charge < -0.3 is 0 Å². The van der Waals surface area contributed by atoms with Gasteiger partial charge in [-0.1, -0.05) is 82.2 Å². The van der Waals surface area contributed by atoms with Gasteiger partial charge in [-0.15, -0.1) is 0 Å². The lowest BCUT2D eigenvalue weighted by Gasteiger charge is -2.08. The summed E-state index contributed by atoms with van der Waals surface area (Å²) in [4.78, 5) is 0.0233. The van der Waals surface area contributed by atoms with E-state index in [-0.39, 0.29) is 4.90 Å². The molecule has 3 nitrogen and oxygen atoms in total. The molecule has 0 aromatic heterocycles. The minimum Gasteiger partial charge on any atom is -0.282 e. The number of rotatable bonds is 10. The highest BCUT2D eigenvalue weighted by molar-refractivity contribution is 7.86. The highest BCUT2D eigenvalue weighted by atomic mass is 32.2. The second kappa shape index (κ2) is 9.19. The van der Waals surface area contributed by atoms with Crippen molar-refractivity contribution < 1.29 is 13.0 Å². The molecule has 0 bridgehead atoms. The highest BCUT2D eigenvalue weighted by Gasteiger charge is 2.15. The number of hydrogen-bond donors (Lipinski definition) is 1. The SMILES string of the molecule is CCCCCCCCCCc1cc(S(=O)(=O)O)c2ccccc2c1. The third kappa shape index (κ3) is 5.60. The maximum Gasteiger partial charge on any atom is 0.295 e. The maximum atomic E-state index is 11.7. The summed E-state index contributed by atoms with van der Waals surface area (Å²) in [5.74, 6) is 0. The lowest BCUT2D eigenvalue weighted by atomic mass is 10.0. The molecule has 0 fully saturated rings. The van der Waals surface area contributed by atoms with Crippen LogP contribution in [0.2, 0.25) is 0 Å². The Morgan fingerprint density at radius 3 is 2.17 bits per heavy atom. The Labute approximate surface area is 145 Å². The predicted molar refractivity (Wildman–Crippen MR) is 100 cm³/mol. The first-order chi connectivity index (χ1) is 11.5. The molecule has 1 N–H and O–H groups in total. The molecule has 2 aromatic rings. The zero-order valence-electron chi connectivity index (χ0n) is 14.5. The average Bonchev–Trinajstić information content (AvgIpc) is 2.55. The zero-order chi connectivity index (χ0) is 17.4. The van der Waals surface area contributed by atoms with Crippen molar-refractivity contribution in [2.75, 3.05) is 0 Å². The standard InChI is InChI=1S/C20H28O3S/c1-2-3-4-5-6-7-8-9-12-17-15-18-13-10-11-14-19(18)20(16-17)24(21,22)23/h10-11,13-16H,2-9,12H2,1H3,(H,21,22,23). The van der Waals surface area contributed by atoms with Crippen molar-refractivity contribution in [3.05, 3.63) is 42.0 Å². The van der Waals surface area contributed by atoms with Crippen molar-refractivity contribution in [3.8, 4) is 0 Å². The van der Waals surface area contributed by atoms with E-state index >= 15 is 0 Å². The monoisotopic (exact) mass is 348 g/mol.